The van der Waals surface area contributed by atoms with E-state index >= 15 is 0 Å². The van der Waals surface area contributed by atoms with Gasteiger partial charge >= 0.3 is 6.16 Å². The number of aryl methyl sites for hydroxylation is 2. The predicted octanol–water partition coefficient (Wildman–Crippen LogP) is 4.53. The van der Waals surface area contributed by atoms with Crippen LogP contribution in [-0.2, 0) is 22.3 Å². The fourth-order valence-corrected chi connectivity index (χ4v) is 2.04. The summed E-state index contributed by atoms with van der Waals surface area (Å²) in [6.07, 6.45) is 6.18. The van der Waals surface area contributed by atoms with Crippen molar-refractivity contribution in [3.05, 3.63) is 35.4 Å². The second kappa shape index (κ2) is 10.3. The molecule has 3 nitrogen and oxygen atoms in total. The van der Waals surface area contributed by atoms with Crippen LogP contribution in [-0.4, -0.2) is 19.4 Å². The summed E-state index contributed by atoms with van der Waals surface area (Å²) >= 11 is 0. The molecule has 0 aromatic heterocycles. The van der Waals surface area contributed by atoms with Gasteiger partial charge in [-0.25, -0.2) is 4.79 Å². The Morgan fingerprint density at radius 1 is 0.900 bits per heavy atom. The molecular formula is C17H26O3. The lowest BCUT2D eigenvalue weighted by Gasteiger charge is -2.06. The molecule has 0 fully saturated rings. The van der Waals surface area contributed by atoms with Crippen molar-refractivity contribution in [1.82, 2.24) is 0 Å². The summed E-state index contributed by atoms with van der Waals surface area (Å²) in [6.45, 7) is 4.76. The van der Waals surface area contributed by atoms with Gasteiger partial charge in [-0.05, 0) is 43.7 Å². The first-order valence-corrected chi connectivity index (χ1v) is 7.63. The maximum Gasteiger partial charge on any atom is 0.508 e. The molecule has 0 aliphatic rings. The number of benzene rings is 1. The quantitative estimate of drug-likeness (QED) is 0.492. The highest BCUT2D eigenvalue weighted by Crippen LogP contribution is 2.10. The molecule has 3 heteroatoms. The summed E-state index contributed by atoms with van der Waals surface area (Å²) in [5.41, 5.74) is 2.70. The largest absolute Gasteiger partial charge is 0.508 e. The van der Waals surface area contributed by atoms with Gasteiger partial charge in [-0.3, -0.25) is 0 Å². The average Bonchev–Trinajstić information content (AvgIpc) is 2.46. The number of hydrogen-bond donors (Lipinski definition) is 0. The Balaban J connectivity index is 2.19. The van der Waals surface area contributed by atoms with Crippen LogP contribution in [0.2, 0.25) is 0 Å². The fraction of sp³-hybridized carbons (Fsp3) is 0.588. The van der Waals surface area contributed by atoms with E-state index in [1.165, 1.54) is 36.8 Å². The van der Waals surface area contributed by atoms with Gasteiger partial charge < -0.3 is 9.47 Å². The average molecular weight is 278 g/mol. The van der Waals surface area contributed by atoms with Gasteiger partial charge in [0.2, 0.25) is 0 Å². The van der Waals surface area contributed by atoms with Gasteiger partial charge in [0.05, 0.1) is 13.2 Å². The van der Waals surface area contributed by atoms with Crippen molar-refractivity contribution in [1.29, 1.82) is 0 Å². The van der Waals surface area contributed by atoms with E-state index in [0.29, 0.717) is 13.2 Å². The zero-order valence-electron chi connectivity index (χ0n) is 12.7. The molecule has 0 saturated heterocycles. The number of ether oxygens (including phenoxy) is 2. The van der Waals surface area contributed by atoms with Crippen molar-refractivity contribution in [2.24, 2.45) is 0 Å². The van der Waals surface area contributed by atoms with Gasteiger partial charge in [0.25, 0.3) is 0 Å². The summed E-state index contributed by atoms with van der Waals surface area (Å²) in [5, 5.41) is 0. The fourth-order valence-electron chi connectivity index (χ4n) is 2.04. The summed E-state index contributed by atoms with van der Waals surface area (Å²) < 4.78 is 9.63. The van der Waals surface area contributed by atoms with Crippen LogP contribution < -0.4 is 0 Å². The maximum atomic E-state index is 11.0. The highest BCUT2D eigenvalue weighted by molar-refractivity contribution is 5.59. The SMILES string of the molecule is CCCCCc1ccc(CCCOC(=O)OCC)cc1. The third kappa shape index (κ3) is 7.17. The molecule has 20 heavy (non-hydrogen) atoms. The molecule has 0 radical (unpaired) electrons. The van der Waals surface area contributed by atoms with Crippen LogP contribution >= 0.6 is 0 Å². The molecule has 1 aromatic carbocycles. The Hall–Kier alpha value is -1.51. The van der Waals surface area contributed by atoms with E-state index in [-0.39, 0.29) is 0 Å². The molecule has 0 N–H and O–H groups in total. The Bertz CT molecular complexity index is 370. The van der Waals surface area contributed by atoms with Gasteiger partial charge in [0.1, 0.15) is 0 Å². The highest BCUT2D eigenvalue weighted by Gasteiger charge is 2.01. The highest BCUT2D eigenvalue weighted by atomic mass is 16.7. The molecule has 0 aliphatic carbocycles. The van der Waals surface area contributed by atoms with E-state index in [2.05, 4.69) is 31.2 Å². The van der Waals surface area contributed by atoms with Crippen LogP contribution in [0, 0.1) is 0 Å². The van der Waals surface area contributed by atoms with Crippen molar-refractivity contribution in [2.45, 2.75) is 52.4 Å². The smallest absolute Gasteiger partial charge is 0.435 e. The monoisotopic (exact) mass is 278 g/mol. The van der Waals surface area contributed by atoms with Gasteiger partial charge in [0, 0.05) is 0 Å². The van der Waals surface area contributed by atoms with Crippen molar-refractivity contribution in [3.63, 3.8) is 0 Å². The number of unbranched alkanes of at least 4 members (excludes halogenated alkanes) is 2. The van der Waals surface area contributed by atoms with Crippen molar-refractivity contribution >= 4 is 6.16 Å². The summed E-state index contributed by atoms with van der Waals surface area (Å²) in [6, 6.07) is 8.76. The Kier molecular flexibility index (Phi) is 8.52. The van der Waals surface area contributed by atoms with Crippen LogP contribution in [0.5, 0.6) is 0 Å². The van der Waals surface area contributed by atoms with Crippen LogP contribution in [0.3, 0.4) is 0 Å². The molecule has 1 aromatic rings. The van der Waals surface area contributed by atoms with Crippen molar-refractivity contribution in [3.8, 4) is 0 Å². The standard InChI is InChI=1S/C17H26O3/c1-3-5-6-8-15-10-12-16(13-11-15)9-7-14-20-17(18)19-4-2/h10-13H,3-9,14H2,1-2H3. The lowest BCUT2D eigenvalue weighted by Crippen LogP contribution is -2.08. The molecular weight excluding hydrogens is 252 g/mol. The molecule has 0 atom stereocenters. The van der Waals surface area contributed by atoms with E-state index in [0.717, 1.165) is 12.8 Å². The minimum Gasteiger partial charge on any atom is -0.435 e. The molecule has 0 bridgehead atoms. The number of rotatable bonds is 9. The first kappa shape index (κ1) is 16.5. The molecule has 0 heterocycles. The zero-order chi connectivity index (χ0) is 14.6. The van der Waals surface area contributed by atoms with Gasteiger partial charge in [-0.15, -0.1) is 0 Å². The van der Waals surface area contributed by atoms with E-state index < -0.39 is 6.16 Å². The molecule has 0 unspecified atom stereocenters. The molecule has 0 saturated carbocycles. The topological polar surface area (TPSA) is 35.5 Å². The van der Waals surface area contributed by atoms with E-state index in [1.807, 2.05) is 0 Å². The minimum absolute atomic E-state index is 0.359. The third-order valence-electron chi connectivity index (χ3n) is 3.18. The Morgan fingerprint density at radius 3 is 2.05 bits per heavy atom. The van der Waals surface area contributed by atoms with Crippen molar-refractivity contribution < 1.29 is 14.3 Å². The molecule has 0 amide bonds. The van der Waals surface area contributed by atoms with Gasteiger partial charge in [-0.2, -0.15) is 0 Å². The minimum atomic E-state index is -0.571. The lowest BCUT2D eigenvalue weighted by molar-refractivity contribution is 0.0584. The van der Waals surface area contributed by atoms with Gasteiger partial charge in [-0.1, -0.05) is 44.0 Å². The molecule has 112 valence electrons. The zero-order valence-corrected chi connectivity index (χ0v) is 12.7. The van der Waals surface area contributed by atoms with Crippen LogP contribution in [0.4, 0.5) is 4.79 Å². The number of hydrogen-bond acceptors (Lipinski definition) is 3. The summed E-state index contributed by atoms with van der Waals surface area (Å²) in [7, 11) is 0. The number of carbonyl (C=O) groups is 1. The van der Waals surface area contributed by atoms with E-state index in [9.17, 15) is 4.79 Å². The van der Waals surface area contributed by atoms with Crippen LogP contribution in [0.15, 0.2) is 24.3 Å². The first-order valence-electron chi connectivity index (χ1n) is 7.63. The number of carbonyl (C=O) groups excluding carboxylic acids is 1. The predicted molar refractivity (Wildman–Crippen MR) is 81.0 cm³/mol. The maximum absolute atomic E-state index is 11.0. The van der Waals surface area contributed by atoms with Gasteiger partial charge in [0.15, 0.2) is 0 Å². The Morgan fingerprint density at radius 2 is 1.50 bits per heavy atom. The summed E-state index contributed by atoms with van der Waals surface area (Å²) in [4.78, 5) is 11.0. The lowest BCUT2D eigenvalue weighted by atomic mass is 10.0. The van der Waals surface area contributed by atoms with Crippen LogP contribution in [0.1, 0.15) is 50.7 Å². The second-order valence-corrected chi connectivity index (χ2v) is 4.91. The Labute approximate surface area is 122 Å². The summed E-state index contributed by atoms with van der Waals surface area (Å²) in [5.74, 6) is 0. The van der Waals surface area contributed by atoms with Crippen molar-refractivity contribution in [2.75, 3.05) is 13.2 Å². The third-order valence-corrected chi connectivity index (χ3v) is 3.18. The molecule has 0 spiro atoms. The van der Waals surface area contributed by atoms with E-state index in [1.54, 1.807) is 6.92 Å². The normalized spacial score (nSPS) is 10.3. The van der Waals surface area contributed by atoms with E-state index in [4.69, 9.17) is 9.47 Å². The van der Waals surface area contributed by atoms with Crippen LogP contribution in [0.25, 0.3) is 0 Å². The second-order valence-electron chi connectivity index (χ2n) is 4.91. The first-order chi connectivity index (χ1) is 9.76. The molecule has 0 aliphatic heterocycles. The molecule has 1 rings (SSSR count).